The Labute approximate surface area is 129 Å². The summed E-state index contributed by atoms with van der Waals surface area (Å²) in [6, 6.07) is 2.48. The van der Waals surface area contributed by atoms with E-state index < -0.39 is 11.6 Å². The summed E-state index contributed by atoms with van der Waals surface area (Å²) < 4.78 is 28.8. The second-order valence-electron chi connectivity index (χ2n) is 5.10. The molecule has 0 radical (unpaired) electrons. The van der Waals surface area contributed by atoms with E-state index in [-0.39, 0.29) is 17.5 Å². The Bertz CT molecular complexity index is 423. The second kappa shape index (κ2) is 8.73. The molecule has 0 aliphatic rings. The molecule has 0 aliphatic heterocycles. The molecule has 0 spiro atoms. The van der Waals surface area contributed by atoms with Gasteiger partial charge in [-0.2, -0.15) is 0 Å². The zero-order chi connectivity index (χ0) is 15.1. The van der Waals surface area contributed by atoms with Crippen molar-refractivity contribution in [3.63, 3.8) is 0 Å². The molecule has 1 rings (SSSR count). The van der Waals surface area contributed by atoms with Crippen LogP contribution in [0, 0.1) is 17.6 Å². The van der Waals surface area contributed by atoms with Gasteiger partial charge in [-0.3, -0.25) is 0 Å². The van der Waals surface area contributed by atoms with Crippen LogP contribution in [0.4, 0.5) is 8.78 Å². The van der Waals surface area contributed by atoms with E-state index in [4.69, 9.17) is 0 Å². The SMILES string of the molecule is CCCCC(CC)C(NCC)c1c(F)ccc(Br)c1F. The summed E-state index contributed by atoms with van der Waals surface area (Å²) in [6.45, 7) is 6.87. The minimum absolute atomic E-state index is 0.171. The van der Waals surface area contributed by atoms with Crippen LogP contribution in [0.3, 0.4) is 0 Å². The van der Waals surface area contributed by atoms with Gasteiger partial charge in [0, 0.05) is 11.6 Å². The fraction of sp³-hybridized carbons (Fsp3) is 0.625. The summed E-state index contributed by atoms with van der Waals surface area (Å²) in [4.78, 5) is 0. The van der Waals surface area contributed by atoms with Crippen LogP contribution in [-0.2, 0) is 0 Å². The van der Waals surface area contributed by atoms with E-state index in [9.17, 15) is 8.78 Å². The molecule has 114 valence electrons. The van der Waals surface area contributed by atoms with Crippen molar-refractivity contribution in [1.29, 1.82) is 0 Å². The third-order valence-corrected chi connectivity index (χ3v) is 4.35. The minimum atomic E-state index is -0.481. The summed E-state index contributed by atoms with van der Waals surface area (Å²) in [5.41, 5.74) is 0.171. The molecule has 2 atom stereocenters. The van der Waals surface area contributed by atoms with E-state index in [0.29, 0.717) is 11.0 Å². The first kappa shape index (κ1) is 17.6. The van der Waals surface area contributed by atoms with Gasteiger partial charge in [-0.1, -0.05) is 40.0 Å². The molecule has 1 N–H and O–H groups in total. The second-order valence-corrected chi connectivity index (χ2v) is 5.96. The van der Waals surface area contributed by atoms with Gasteiger partial charge in [0.2, 0.25) is 0 Å². The van der Waals surface area contributed by atoms with Gasteiger partial charge in [0.15, 0.2) is 0 Å². The van der Waals surface area contributed by atoms with Gasteiger partial charge in [0.05, 0.1) is 4.47 Å². The van der Waals surface area contributed by atoms with E-state index in [0.717, 1.165) is 25.7 Å². The number of rotatable bonds is 8. The quantitative estimate of drug-likeness (QED) is 0.604. The fourth-order valence-corrected chi connectivity index (χ4v) is 2.97. The first-order valence-electron chi connectivity index (χ1n) is 7.43. The van der Waals surface area contributed by atoms with E-state index in [1.807, 2.05) is 6.92 Å². The molecule has 0 amide bonds. The highest BCUT2D eigenvalue weighted by molar-refractivity contribution is 9.10. The normalized spacial score (nSPS) is 14.3. The van der Waals surface area contributed by atoms with E-state index in [1.165, 1.54) is 12.1 Å². The largest absolute Gasteiger partial charge is 0.310 e. The number of nitrogens with one attached hydrogen (secondary N) is 1. The van der Waals surface area contributed by atoms with Crippen molar-refractivity contribution < 1.29 is 8.78 Å². The maximum Gasteiger partial charge on any atom is 0.145 e. The van der Waals surface area contributed by atoms with Crippen LogP contribution in [0.1, 0.15) is 58.1 Å². The van der Waals surface area contributed by atoms with Crippen molar-refractivity contribution in [2.45, 2.75) is 52.5 Å². The van der Waals surface area contributed by atoms with Crippen molar-refractivity contribution in [2.75, 3.05) is 6.54 Å². The standard InChI is InChI=1S/C16H24BrF2N/c1-4-7-8-11(5-2)16(20-6-3)14-13(18)10-9-12(17)15(14)19/h9-11,16,20H,4-8H2,1-3H3. The third kappa shape index (κ3) is 4.26. The Hall–Kier alpha value is -0.480. The molecule has 2 unspecified atom stereocenters. The van der Waals surface area contributed by atoms with Crippen molar-refractivity contribution >= 4 is 15.9 Å². The summed E-state index contributed by atoms with van der Waals surface area (Å²) in [5, 5.41) is 3.27. The van der Waals surface area contributed by atoms with Crippen LogP contribution in [0.5, 0.6) is 0 Å². The highest BCUT2D eigenvalue weighted by atomic mass is 79.9. The molecule has 1 nitrogen and oxygen atoms in total. The molecule has 4 heteroatoms. The van der Waals surface area contributed by atoms with Crippen molar-refractivity contribution in [1.82, 2.24) is 5.32 Å². The molecule has 20 heavy (non-hydrogen) atoms. The Morgan fingerprint density at radius 1 is 1.20 bits per heavy atom. The highest BCUT2D eigenvalue weighted by Crippen LogP contribution is 2.34. The van der Waals surface area contributed by atoms with Gasteiger partial charge in [0.25, 0.3) is 0 Å². The Kier molecular flexibility index (Phi) is 7.67. The first-order valence-corrected chi connectivity index (χ1v) is 8.22. The van der Waals surface area contributed by atoms with Crippen LogP contribution in [0.2, 0.25) is 0 Å². The van der Waals surface area contributed by atoms with Crippen molar-refractivity contribution in [3.8, 4) is 0 Å². The topological polar surface area (TPSA) is 12.0 Å². The molecule has 0 bridgehead atoms. The number of hydrogen-bond acceptors (Lipinski definition) is 1. The zero-order valence-corrected chi connectivity index (χ0v) is 14.1. The fourth-order valence-electron chi connectivity index (χ4n) is 2.62. The average molecular weight is 348 g/mol. The van der Waals surface area contributed by atoms with Crippen molar-refractivity contribution in [3.05, 3.63) is 33.8 Å². The van der Waals surface area contributed by atoms with Crippen LogP contribution in [0.25, 0.3) is 0 Å². The molecule has 0 saturated carbocycles. The monoisotopic (exact) mass is 347 g/mol. The number of halogens is 3. The number of unbranched alkanes of at least 4 members (excludes halogenated alkanes) is 1. The lowest BCUT2D eigenvalue weighted by Gasteiger charge is -2.28. The van der Waals surface area contributed by atoms with Gasteiger partial charge in [-0.25, -0.2) is 8.78 Å². The molecular formula is C16H24BrF2N. The predicted molar refractivity (Wildman–Crippen MR) is 83.8 cm³/mol. The van der Waals surface area contributed by atoms with Gasteiger partial charge >= 0.3 is 0 Å². The van der Waals surface area contributed by atoms with Gasteiger partial charge < -0.3 is 5.32 Å². The average Bonchev–Trinajstić information content (AvgIpc) is 2.44. The minimum Gasteiger partial charge on any atom is -0.310 e. The maximum atomic E-state index is 14.3. The van der Waals surface area contributed by atoms with E-state index >= 15 is 0 Å². The summed E-state index contributed by atoms with van der Waals surface area (Å²) in [7, 11) is 0. The van der Waals surface area contributed by atoms with Gasteiger partial charge in [0.1, 0.15) is 11.6 Å². The number of benzene rings is 1. The third-order valence-electron chi connectivity index (χ3n) is 3.74. The zero-order valence-electron chi connectivity index (χ0n) is 12.5. The van der Waals surface area contributed by atoms with Crippen LogP contribution in [-0.4, -0.2) is 6.54 Å². The summed E-state index contributed by atoms with van der Waals surface area (Å²) in [6.07, 6.45) is 4.07. The molecule has 0 fully saturated rings. The predicted octanol–water partition coefficient (Wildman–Crippen LogP) is 5.59. The number of hydrogen-bond donors (Lipinski definition) is 1. The summed E-state index contributed by atoms with van der Waals surface area (Å²) >= 11 is 3.15. The first-order chi connectivity index (χ1) is 9.56. The lowest BCUT2D eigenvalue weighted by atomic mass is 9.86. The molecule has 1 aromatic rings. The Balaban J connectivity index is 3.15. The smallest absolute Gasteiger partial charge is 0.145 e. The van der Waals surface area contributed by atoms with E-state index in [2.05, 4.69) is 35.1 Å². The summed E-state index contributed by atoms with van der Waals surface area (Å²) in [5.74, 6) is -0.703. The molecule has 1 aromatic carbocycles. The molecular weight excluding hydrogens is 324 g/mol. The molecule has 0 aliphatic carbocycles. The lowest BCUT2D eigenvalue weighted by molar-refractivity contribution is 0.311. The molecule has 0 saturated heterocycles. The maximum absolute atomic E-state index is 14.3. The highest BCUT2D eigenvalue weighted by Gasteiger charge is 2.27. The molecule has 0 heterocycles. The Morgan fingerprint density at radius 2 is 1.90 bits per heavy atom. The van der Waals surface area contributed by atoms with Crippen LogP contribution < -0.4 is 5.32 Å². The lowest BCUT2D eigenvalue weighted by Crippen LogP contribution is -2.30. The van der Waals surface area contributed by atoms with Crippen LogP contribution in [0.15, 0.2) is 16.6 Å². The van der Waals surface area contributed by atoms with E-state index in [1.54, 1.807) is 0 Å². The van der Waals surface area contributed by atoms with Gasteiger partial charge in [-0.15, -0.1) is 0 Å². The Morgan fingerprint density at radius 3 is 2.45 bits per heavy atom. The van der Waals surface area contributed by atoms with Crippen LogP contribution >= 0.6 is 15.9 Å². The van der Waals surface area contributed by atoms with Crippen molar-refractivity contribution in [2.24, 2.45) is 5.92 Å². The molecule has 0 aromatic heterocycles. The van der Waals surface area contributed by atoms with Gasteiger partial charge in [-0.05, 0) is 46.9 Å².